The molecule has 3 aromatic rings. The van der Waals surface area contributed by atoms with Gasteiger partial charge >= 0.3 is 0 Å². The topological polar surface area (TPSA) is 109 Å². The number of nitro benzene ring substituents is 1. The lowest BCUT2D eigenvalue weighted by atomic mass is 9.98. The Labute approximate surface area is 185 Å². The van der Waals surface area contributed by atoms with E-state index < -0.39 is 10.8 Å². The van der Waals surface area contributed by atoms with Crippen LogP contribution in [-0.4, -0.2) is 29.0 Å². The maximum atomic E-state index is 12.8. The van der Waals surface area contributed by atoms with E-state index >= 15 is 0 Å². The Morgan fingerprint density at radius 2 is 1.97 bits per heavy atom. The Balaban J connectivity index is 1.54. The van der Waals surface area contributed by atoms with Gasteiger partial charge in [0.25, 0.3) is 11.6 Å². The first-order valence-electron chi connectivity index (χ1n) is 10.6. The molecule has 8 heteroatoms. The van der Waals surface area contributed by atoms with Gasteiger partial charge in [-0.2, -0.15) is 0 Å². The lowest BCUT2D eigenvalue weighted by Crippen LogP contribution is -2.33. The minimum Gasteiger partial charge on any atom is -0.459 e. The summed E-state index contributed by atoms with van der Waals surface area (Å²) < 4.78 is 5.54. The smallest absolute Gasteiger partial charge is 0.293 e. The molecule has 0 aliphatic carbocycles. The van der Waals surface area contributed by atoms with E-state index in [9.17, 15) is 20.0 Å². The van der Waals surface area contributed by atoms with Crippen molar-refractivity contribution in [2.75, 3.05) is 23.3 Å². The first kappa shape index (κ1) is 21.6. The van der Waals surface area contributed by atoms with Crippen molar-refractivity contribution in [2.24, 2.45) is 5.92 Å². The average Bonchev–Trinajstić information content (AvgIpc) is 3.29. The fraction of sp³-hybridized carbons (Fsp3) is 0.292. The van der Waals surface area contributed by atoms with E-state index in [1.165, 1.54) is 6.07 Å². The normalized spacial score (nSPS) is 14.4. The highest BCUT2D eigenvalue weighted by Gasteiger charge is 2.25. The molecular formula is C24H25N3O5. The molecule has 2 aromatic carbocycles. The standard InChI is InChI=1S/C24H25N3O5/c1-16-9-11-26(12-10-16)21-7-5-18(14-22(21)27(30)31)24(29)25-19-4-2-3-17(13-19)23-8-6-20(15-28)32-23/h2-8,13-14,16,28H,9-12,15H2,1H3,(H,25,29). The number of nitro groups is 1. The summed E-state index contributed by atoms with van der Waals surface area (Å²) >= 11 is 0. The number of nitrogens with one attached hydrogen (secondary N) is 1. The second-order valence-corrected chi connectivity index (χ2v) is 8.09. The number of hydrogen-bond donors (Lipinski definition) is 2. The molecule has 1 saturated heterocycles. The fourth-order valence-electron chi connectivity index (χ4n) is 3.90. The van der Waals surface area contributed by atoms with Gasteiger partial charge in [0.2, 0.25) is 0 Å². The third-order valence-electron chi connectivity index (χ3n) is 5.78. The maximum absolute atomic E-state index is 12.8. The van der Waals surface area contributed by atoms with Crippen LogP contribution in [0.25, 0.3) is 11.3 Å². The predicted molar refractivity (Wildman–Crippen MR) is 122 cm³/mol. The zero-order valence-electron chi connectivity index (χ0n) is 17.8. The molecule has 4 rings (SSSR count). The van der Waals surface area contributed by atoms with Gasteiger partial charge in [0.05, 0.1) is 4.92 Å². The SMILES string of the molecule is CC1CCN(c2ccc(C(=O)Nc3cccc(-c4ccc(CO)o4)c3)cc2[N+](=O)[O-])CC1. The molecule has 0 spiro atoms. The summed E-state index contributed by atoms with van der Waals surface area (Å²) in [5, 5.41) is 23.7. The summed E-state index contributed by atoms with van der Waals surface area (Å²) in [5.41, 5.74) is 1.98. The zero-order valence-corrected chi connectivity index (χ0v) is 17.8. The lowest BCUT2D eigenvalue weighted by molar-refractivity contribution is -0.384. The van der Waals surface area contributed by atoms with Crippen LogP contribution >= 0.6 is 0 Å². The van der Waals surface area contributed by atoms with Gasteiger partial charge in [-0.05, 0) is 55.2 Å². The van der Waals surface area contributed by atoms with Gasteiger partial charge < -0.3 is 19.7 Å². The third kappa shape index (κ3) is 4.65. The van der Waals surface area contributed by atoms with Crippen molar-refractivity contribution in [1.82, 2.24) is 0 Å². The van der Waals surface area contributed by atoms with Crippen LogP contribution in [-0.2, 0) is 6.61 Å². The van der Waals surface area contributed by atoms with Gasteiger partial charge in [0, 0.05) is 36.0 Å². The van der Waals surface area contributed by atoms with Crippen molar-refractivity contribution in [1.29, 1.82) is 0 Å². The van der Waals surface area contributed by atoms with Crippen LogP contribution in [0.1, 0.15) is 35.9 Å². The van der Waals surface area contributed by atoms with E-state index in [1.807, 2.05) is 11.0 Å². The van der Waals surface area contributed by atoms with Crippen molar-refractivity contribution in [3.05, 3.63) is 76.0 Å². The molecule has 0 radical (unpaired) electrons. The van der Waals surface area contributed by atoms with Gasteiger partial charge in [0.15, 0.2) is 0 Å². The fourth-order valence-corrected chi connectivity index (χ4v) is 3.90. The number of carbonyl (C=O) groups is 1. The molecule has 32 heavy (non-hydrogen) atoms. The molecule has 1 aliphatic rings. The van der Waals surface area contributed by atoms with Gasteiger partial charge in [-0.3, -0.25) is 14.9 Å². The van der Waals surface area contributed by atoms with Crippen LogP contribution in [0.4, 0.5) is 17.1 Å². The van der Waals surface area contributed by atoms with E-state index in [0.717, 1.165) is 31.5 Å². The Morgan fingerprint density at radius 3 is 2.66 bits per heavy atom. The van der Waals surface area contributed by atoms with Crippen LogP contribution in [0.2, 0.25) is 0 Å². The third-order valence-corrected chi connectivity index (χ3v) is 5.78. The molecule has 2 heterocycles. The highest BCUT2D eigenvalue weighted by atomic mass is 16.6. The molecule has 1 amide bonds. The van der Waals surface area contributed by atoms with Crippen LogP contribution in [0.15, 0.2) is 59.0 Å². The Bertz CT molecular complexity index is 1130. The number of anilines is 2. The number of furan rings is 1. The molecule has 0 bridgehead atoms. The minimum atomic E-state index is -0.431. The van der Waals surface area contributed by atoms with Gasteiger partial charge in [-0.25, -0.2) is 0 Å². The van der Waals surface area contributed by atoms with Crippen molar-refractivity contribution >= 4 is 23.0 Å². The Morgan fingerprint density at radius 1 is 1.19 bits per heavy atom. The largest absolute Gasteiger partial charge is 0.459 e. The summed E-state index contributed by atoms with van der Waals surface area (Å²) in [6.07, 6.45) is 1.98. The summed E-state index contributed by atoms with van der Waals surface area (Å²) in [5.74, 6) is 1.20. The lowest BCUT2D eigenvalue weighted by Gasteiger charge is -2.31. The number of nitrogens with zero attached hydrogens (tertiary/aromatic N) is 2. The van der Waals surface area contributed by atoms with E-state index in [0.29, 0.717) is 28.8 Å². The van der Waals surface area contributed by atoms with Crippen molar-refractivity contribution in [3.8, 4) is 11.3 Å². The number of aliphatic hydroxyl groups is 1. The average molecular weight is 435 g/mol. The molecule has 2 N–H and O–H groups in total. The van der Waals surface area contributed by atoms with Crippen LogP contribution < -0.4 is 10.2 Å². The summed E-state index contributed by atoms with van der Waals surface area (Å²) in [6, 6.07) is 15.1. The number of piperidine rings is 1. The maximum Gasteiger partial charge on any atom is 0.293 e. The first-order valence-corrected chi connectivity index (χ1v) is 10.6. The molecular weight excluding hydrogens is 410 g/mol. The monoisotopic (exact) mass is 435 g/mol. The number of amides is 1. The Hall–Kier alpha value is -3.65. The zero-order chi connectivity index (χ0) is 22.7. The summed E-state index contributed by atoms with van der Waals surface area (Å²) in [7, 11) is 0. The second-order valence-electron chi connectivity index (χ2n) is 8.09. The Kier molecular flexibility index (Phi) is 6.23. The molecule has 1 aromatic heterocycles. The van der Waals surface area contributed by atoms with Crippen LogP contribution in [0, 0.1) is 16.0 Å². The van der Waals surface area contributed by atoms with Crippen LogP contribution in [0.3, 0.4) is 0 Å². The first-order chi connectivity index (χ1) is 15.4. The number of carbonyl (C=O) groups excluding carboxylic acids is 1. The highest BCUT2D eigenvalue weighted by molar-refractivity contribution is 6.05. The molecule has 0 unspecified atom stereocenters. The summed E-state index contributed by atoms with van der Waals surface area (Å²) in [6.45, 7) is 3.53. The van der Waals surface area contributed by atoms with Gasteiger partial charge in [-0.15, -0.1) is 0 Å². The molecule has 1 fully saturated rings. The van der Waals surface area contributed by atoms with E-state index in [4.69, 9.17) is 4.42 Å². The predicted octanol–water partition coefficient (Wildman–Crippen LogP) is 4.84. The molecule has 0 saturated carbocycles. The van der Waals surface area contributed by atoms with Crippen molar-refractivity contribution in [3.63, 3.8) is 0 Å². The quantitative estimate of drug-likeness (QED) is 0.424. The van der Waals surface area contributed by atoms with Gasteiger partial charge in [-0.1, -0.05) is 19.1 Å². The molecule has 1 aliphatic heterocycles. The molecule has 166 valence electrons. The van der Waals surface area contributed by atoms with Crippen molar-refractivity contribution < 1.29 is 19.2 Å². The number of aliphatic hydroxyl groups excluding tert-OH is 1. The van der Waals surface area contributed by atoms with E-state index in [2.05, 4.69) is 12.2 Å². The van der Waals surface area contributed by atoms with Gasteiger partial charge in [0.1, 0.15) is 23.8 Å². The van der Waals surface area contributed by atoms with Crippen LogP contribution in [0.5, 0.6) is 0 Å². The molecule has 0 atom stereocenters. The number of rotatable bonds is 6. The number of hydrogen-bond acceptors (Lipinski definition) is 6. The van der Waals surface area contributed by atoms with Crippen molar-refractivity contribution in [2.45, 2.75) is 26.4 Å². The minimum absolute atomic E-state index is 0.0620. The second kappa shape index (κ2) is 9.23. The van der Waals surface area contributed by atoms with E-state index in [-0.39, 0.29) is 17.9 Å². The summed E-state index contributed by atoms with van der Waals surface area (Å²) in [4.78, 5) is 26.1. The molecule has 8 nitrogen and oxygen atoms in total. The highest BCUT2D eigenvalue weighted by Crippen LogP contribution is 2.33. The van der Waals surface area contributed by atoms with E-state index in [1.54, 1.807) is 42.5 Å². The number of benzene rings is 2.